The summed E-state index contributed by atoms with van der Waals surface area (Å²) in [5.74, 6) is 0. The largest absolute Gasteiger partial charge is 0.379 e. The summed E-state index contributed by atoms with van der Waals surface area (Å²) < 4.78 is 7.71. The molecular weight excluding hydrogens is 320 g/mol. The molecule has 0 spiro atoms. The molecule has 0 aliphatic carbocycles. The molecule has 0 saturated carbocycles. The van der Waals surface area contributed by atoms with Gasteiger partial charge < -0.3 is 14.2 Å². The summed E-state index contributed by atoms with van der Waals surface area (Å²) in [5, 5.41) is 0. The fraction of sp³-hybridized carbons (Fsp3) is 0.304. The Labute approximate surface area is 156 Å². The van der Waals surface area contributed by atoms with E-state index >= 15 is 0 Å². The number of hydrogen-bond acceptors (Lipinski definition) is 1. The van der Waals surface area contributed by atoms with Gasteiger partial charge in [0.1, 0.15) is 19.6 Å². The van der Waals surface area contributed by atoms with E-state index in [4.69, 9.17) is 4.74 Å². The van der Waals surface area contributed by atoms with Crippen LogP contribution in [0.15, 0.2) is 72.9 Å². The van der Waals surface area contributed by atoms with E-state index in [0.29, 0.717) is 0 Å². The van der Waals surface area contributed by atoms with Gasteiger partial charge in [-0.3, -0.25) is 0 Å². The third-order valence-electron chi connectivity index (χ3n) is 4.75. The van der Waals surface area contributed by atoms with Crippen molar-refractivity contribution in [2.24, 2.45) is 0 Å². The molecule has 0 fully saturated rings. The maximum Gasteiger partial charge on any atom is 0.118 e. The quantitative estimate of drug-likeness (QED) is 0.629. The predicted octanol–water partition coefficient (Wildman–Crippen LogP) is 3.08. The summed E-state index contributed by atoms with van der Waals surface area (Å²) in [7, 11) is 1.78. The van der Waals surface area contributed by atoms with E-state index in [0.717, 1.165) is 32.8 Å². The maximum atomic E-state index is 5.34. The molecule has 3 rings (SSSR count). The van der Waals surface area contributed by atoms with Crippen LogP contribution in [0.4, 0.5) is 0 Å². The zero-order valence-corrected chi connectivity index (χ0v) is 15.8. The second-order valence-electron chi connectivity index (χ2n) is 6.95. The lowest BCUT2D eigenvalue weighted by molar-refractivity contribution is -0.928. The third-order valence-corrected chi connectivity index (χ3v) is 4.75. The molecule has 1 N–H and O–H groups in total. The number of hydrogen-bond donors (Lipinski definition) is 1. The highest BCUT2D eigenvalue weighted by molar-refractivity contribution is 5.23. The maximum absolute atomic E-state index is 5.34. The number of rotatable bonds is 9. The number of quaternary nitrogens is 1. The topological polar surface area (TPSA) is 18.6 Å². The highest BCUT2D eigenvalue weighted by atomic mass is 16.5. The smallest absolute Gasteiger partial charge is 0.118 e. The van der Waals surface area contributed by atoms with Crippen LogP contribution in [0.2, 0.25) is 0 Å². The summed E-state index contributed by atoms with van der Waals surface area (Å²) in [5.41, 5.74) is 5.40. The number of nitrogens with one attached hydrogen (secondary N) is 1. The van der Waals surface area contributed by atoms with Crippen molar-refractivity contribution in [2.45, 2.75) is 26.6 Å². The van der Waals surface area contributed by atoms with Gasteiger partial charge in [0.25, 0.3) is 0 Å². The van der Waals surface area contributed by atoms with Crippen molar-refractivity contribution in [3.63, 3.8) is 0 Å². The summed E-state index contributed by atoms with van der Waals surface area (Å²) >= 11 is 0. The minimum Gasteiger partial charge on any atom is -0.379 e. The van der Waals surface area contributed by atoms with Crippen molar-refractivity contribution in [2.75, 3.05) is 20.3 Å². The van der Waals surface area contributed by atoms with Gasteiger partial charge in [0.15, 0.2) is 0 Å². The summed E-state index contributed by atoms with van der Waals surface area (Å²) in [4.78, 5) is 1.52. The molecule has 3 heteroatoms. The summed E-state index contributed by atoms with van der Waals surface area (Å²) in [6.45, 7) is 6.86. The molecule has 26 heavy (non-hydrogen) atoms. The molecule has 1 aromatic heterocycles. The van der Waals surface area contributed by atoms with Gasteiger partial charge in [-0.15, -0.1) is 0 Å². The van der Waals surface area contributed by atoms with Gasteiger partial charge in [0, 0.05) is 25.4 Å². The molecule has 1 atom stereocenters. The molecular formula is C23H29N2O+. The van der Waals surface area contributed by atoms with Gasteiger partial charge in [-0.2, -0.15) is 0 Å². The Hall–Kier alpha value is -2.36. The summed E-state index contributed by atoms with van der Waals surface area (Å²) in [6, 6.07) is 23.9. The monoisotopic (exact) mass is 349 g/mol. The molecule has 1 unspecified atom stereocenters. The lowest BCUT2D eigenvalue weighted by Crippen LogP contribution is -3.10. The van der Waals surface area contributed by atoms with Crippen LogP contribution in [-0.4, -0.2) is 24.8 Å². The Bertz CT molecular complexity index is 795. The van der Waals surface area contributed by atoms with Crippen molar-refractivity contribution in [3.05, 3.63) is 95.3 Å². The Morgan fingerprint density at radius 2 is 1.69 bits per heavy atom. The average molecular weight is 349 g/mol. The molecule has 2 aromatic carbocycles. The molecule has 1 heterocycles. The zero-order valence-electron chi connectivity index (χ0n) is 15.8. The molecule has 3 aromatic rings. The Kier molecular flexibility index (Phi) is 6.64. The number of methoxy groups -OCH3 is 1. The minimum absolute atomic E-state index is 0.779. The SMILES string of the molecule is COCC[NH+](Cc1ccccc1)Cc1cccn1Cc1cccc(C)c1. The van der Waals surface area contributed by atoms with Crippen LogP contribution < -0.4 is 4.90 Å². The highest BCUT2D eigenvalue weighted by Crippen LogP contribution is 2.09. The first kappa shape index (κ1) is 18.4. The zero-order chi connectivity index (χ0) is 18.2. The average Bonchev–Trinajstić information content (AvgIpc) is 3.07. The van der Waals surface area contributed by atoms with Crippen LogP contribution >= 0.6 is 0 Å². The second-order valence-corrected chi connectivity index (χ2v) is 6.95. The Morgan fingerprint density at radius 1 is 0.885 bits per heavy atom. The van der Waals surface area contributed by atoms with Crippen molar-refractivity contribution < 1.29 is 9.64 Å². The van der Waals surface area contributed by atoms with E-state index in [9.17, 15) is 0 Å². The van der Waals surface area contributed by atoms with Crippen molar-refractivity contribution in [1.29, 1.82) is 0 Å². The number of aromatic nitrogens is 1. The number of benzene rings is 2. The van der Waals surface area contributed by atoms with E-state index in [-0.39, 0.29) is 0 Å². The lowest BCUT2D eigenvalue weighted by Gasteiger charge is -2.20. The highest BCUT2D eigenvalue weighted by Gasteiger charge is 2.13. The third kappa shape index (κ3) is 5.32. The van der Waals surface area contributed by atoms with Crippen molar-refractivity contribution in [1.82, 2.24) is 4.57 Å². The molecule has 136 valence electrons. The van der Waals surface area contributed by atoms with Crippen LogP contribution in [0, 0.1) is 6.92 Å². The molecule has 0 saturated heterocycles. The number of ether oxygens (including phenoxy) is 1. The van der Waals surface area contributed by atoms with E-state index in [1.165, 1.54) is 27.3 Å². The first-order valence-electron chi connectivity index (χ1n) is 9.30. The van der Waals surface area contributed by atoms with Crippen LogP contribution in [0.1, 0.15) is 22.4 Å². The van der Waals surface area contributed by atoms with Crippen molar-refractivity contribution >= 4 is 0 Å². The van der Waals surface area contributed by atoms with Gasteiger partial charge in [-0.1, -0.05) is 60.2 Å². The van der Waals surface area contributed by atoms with Crippen LogP contribution in [0.25, 0.3) is 0 Å². The van der Waals surface area contributed by atoms with Gasteiger partial charge in [0.2, 0.25) is 0 Å². The van der Waals surface area contributed by atoms with Crippen LogP contribution in [0.3, 0.4) is 0 Å². The molecule has 3 nitrogen and oxygen atoms in total. The van der Waals surface area contributed by atoms with Crippen LogP contribution in [-0.2, 0) is 24.4 Å². The lowest BCUT2D eigenvalue weighted by atomic mass is 10.1. The molecule has 0 radical (unpaired) electrons. The fourth-order valence-corrected chi connectivity index (χ4v) is 3.40. The number of nitrogens with zero attached hydrogens (tertiary/aromatic N) is 1. The van der Waals surface area contributed by atoms with Crippen molar-refractivity contribution in [3.8, 4) is 0 Å². The van der Waals surface area contributed by atoms with Gasteiger partial charge in [-0.05, 0) is 24.6 Å². The normalized spacial score (nSPS) is 12.2. The Balaban J connectivity index is 1.71. The molecule has 0 aliphatic heterocycles. The molecule has 0 bridgehead atoms. The standard InChI is InChI=1S/C23H28N2O/c1-20-8-6-11-22(16-20)18-25-13-7-12-23(25)19-24(14-15-26-2)17-21-9-4-3-5-10-21/h3-13,16H,14-15,17-19H2,1-2H3/p+1. The fourth-order valence-electron chi connectivity index (χ4n) is 3.40. The van der Waals surface area contributed by atoms with Gasteiger partial charge in [-0.25, -0.2) is 0 Å². The second kappa shape index (κ2) is 9.37. The van der Waals surface area contributed by atoms with E-state index in [1.54, 1.807) is 7.11 Å². The molecule has 0 amide bonds. The van der Waals surface area contributed by atoms with E-state index in [2.05, 4.69) is 84.4 Å². The molecule has 0 aliphatic rings. The van der Waals surface area contributed by atoms with Gasteiger partial charge in [0.05, 0.1) is 12.3 Å². The van der Waals surface area contributed by atoms with Crippen LogP contribution in [0.5, 0.6) is 0 Å². The number of aryl methyl sites for hydroxylation is 1. The minimum atomic E-state index is 0.779. The first-order chi connectivity index (χ1) is 12.7. The summed E-state index contributed by atoms with van der Waals surface area (Å²) in [6.07, 6.45) is 2.19. The van der Waals surface area contributed by atoms with E-state index in [1.807, 2.05) is 0 Å². The first-order valence-corrected chi connectivity index (χ1v) is 9.30. The Morgan fingerprint density at radius 3 is 2.46 bits per heavy atom. The van der Waals surface area contributed by atoms with E-state index < -0.39 is 0 Å². The van der Waals surface area contributed by atoms with Gasteiger partial charge >= 0.3 is 0 Å². The predicted molar refractivity (Wildman–Crippen MR) is 106 cm³/mol.